The lowest BCUT2D eigenvalue weighted by molar-refractivity contribution is 0.241. The molecule has 2 aliphatic carbocycles. The molecule has 3 rings (SSSR count). The molecule has 0 amide bonds. The first-order chi connectivity index (χ1) is 8.33. The number of hydrogen-bond donors (Lipinski definition) is 2. The number of nitrogens with one attached hydrogen (secondary N) is 1. The standard InChI is InChI=1S/C14H21NOS/c16-8-7-14(5-6-14)10-15-13(11-3-4-11)12-2-1-9-17-12/h1-2,9,11,13,15-16H,3-8,10H2. The van der Waals surface area contributed by atoms with Gasteiger partial charge < -0.3 is 10.4 Å². The molecule has 0 spiro atoms. The number of aliphatic hydroxyl groups excluding tert-OH is 1. The number of thiophene rings is 1. The van der Waals surface area contributed by atoms with Crippen molar-refractivity contribution in [3.63, 3.8) is 0 Å². The lowest BCUT2D eigenvalue weighted by Crippen LogP contribution is -2.29. The number of hydrogen-bond acceptors (Lipinski definition) is 3. The fourth-order valence-corrected chi connectivity index (χ4v) is 3.55. The van der Waals surface area contributed by atoms with Crippen molar-refractivity contribution in [3.05, 3.63) is 22.4 Å². The zero-order chi connectivity index (χ0) is 11.7. The highest BCUT2D eigenvalue weighted by Gasteiger charge is 2.43. The molecule has 2 N–H and O–H groups in total. The van der Waals surface area contributed by atoms with Crippen molar-refractivity contribution in [2.24, 2.45) is 11.3 Å². The van der Waals surface area contributed by atoms with Crippen molar-refractivity contribution in [1.82, 2.24) is 5.32 Å². The van der Waals surface area contributed by atoms with Crippen molar-refractivity contribution in [1.29, 1.82) is 0 Å². The highest BCUT2D eigenvalue weighted by Crippen LogP contribution is 2.49. The zero-order valence-electron chi connectivity index (χ0n) is 10.2. The second kappa shape index (κ2) is 4.71. The van der Waals surface area contributed by atoms with E-state index >= 15 is 0 Å². The minimum Gasteiger partial charge on any atom is -0.396 e. The lowest BCUT2D eigenvalue weighted by atomic mass is 10.0. The largest absolute Gasteiger partial charge is 0.396 e. The summed E-state index contributed by atoms with van der Waals surface area (Å²) in [5.41, 5.74) is 0.430. The van der Waals surface area contributed by atoms with E-state index in [1.165, 1.54) is 30.6 Å². The van der Waals surface area contributed by atoms with Gasteiger partial charge in [-0.1, -0.05) is 6.07 Å². The third kappa shape index (κ3) is 2.72. The molecular formula is C14H21NOS. The van der Waals surface area contributed by atoms with Gasteiger partial charge in [-0.2, -0.15) is 0 Å². The molecule has 17 heavy (non-hydrogen) atoms. The molecule has 0 saturated heterocycles. The topological polar surface area (TPSA) is 32.3 Å². The summed E-state index contributed by atoms with van der Waals surface area (Å²) in [5.74, 6) is 0.860. The Kier molecular flexibility index (Phi) is 3.24. The smallest absolute Gasteiger partial charge is 0.0443 e. The molecule has 0 bridgehead atoms. The van der Waals surface area contributed by atoms with Crippen molar-refractivity contribution in [2.45, 2.75) is 38.1 Å². The average Bonchev–Trinajstić information content (AvgIpc) is 3.23. The summed E-state index contributed by atoms with van der Waals surface area (Å²) < 4.78 is 0. The molecule has 0 aromatic carbocycles. The van der Waals surface area contributed by atoms with Crippen LogP contribution in [-0.4, -0.2) is 18.3 Å². The summed E-state index contributed by atoms with van der Waals surface area (Å²) in [4.78, 5) is 1.49. The highest BCUT2D eigenvalue weighted by molar-refractivity contribution is 7.10. The Balaban J connectivity index is 1.58. The van der Waals surface area contributed by atoms with Crippen LogP contribution in [0.2, 0.25) is 0 Å². The van der Waals surface area contributed by atoms with Gasteiger partial charge in [0.05, 0.1) is 0 Å². The molecule has 2 fully saturated rings. The van der Waals surface area contributed by atoms with Gasteiger partial charge in [-0.25, -0.2) is 0 Å². The van der Waals surface area contributed by atoms with Crippen molar-refractivity contribution in [2.75, 3.05) is 13.2 Å². The van der Waals surface area contributed by atoms with E-state index in [2.05, 4.69) is 22.8 Å². The Labute approximate surface area is 107 Å². The van der Waals surface area contributed by atoms with Crippen LogP contribution in [0.15, 0.2) is 17.5 Å². The van der Waals surface area contributed by atoms with E-state index in [-0.39, 0.29) is 0 Å². The first kappa shape index (κ1) is 11.7. The molecule has 1 atom stereocenters. The van der Waals surface area contributed by atoms with Crippen LogP contribution in [0, 0.1) is 11.3 Å². The van der Waals surface area contributed by atoms with Crippen molar-refractivity contribution in [3.8, 4) is 0 Å². The molecule has 1 aromatic rings. The van der Waals surface area contributed by atoms with Crippen LogP contribution in [0.4, 0.5) is 0 Å². The maximum atomic E-state index is 9.09. The van der Waals surface area contributed by atoms with Crippen LogP contribution < -0.4 is 5.32 Å². The van der Waals surface area contributed by atoms with Gasteiger partial charge in [0.15, 0.2) is 0 Å². The summed E-state index contributed by atoms with van der Waals surface area (Å²) in [6.07, 6.45) is 6.32. The molecule has 0 radical (unpaired) electrons. The third-order valence-electron chi connectivity index (χ3n) is 4.24. The summed E-state index contributed by atoms with van der Waals surface area (Å²) in [6.45, 7) is 1.43. The predicted octanol–water partition coefficient (Wildman–Crippen LogP) is 2.95. The number of rotatable bonds is 7. The van der Waals surface area contributed by atoms with Gasteiger partial charge in [0.25, 0.3) is 0 Å². The Morgan fingerprint density at radius 1 is 1.47 bits per heavy atom. The van der Waals surface area contributed by atoms with Crippen molar-refractivity contribution < 1.29 is 5.11 Å². The summed E-state index contributed by atoms with van der Waals surface area (Å²) in [7, 11) is 0. The van der Waals surface area contributed by atoms with Gasteiger partial charge in [0.1, 0.15) is 0 Å². The second-order valence-electron chi connectivity index (χ2n) is 5.69. The van der Waals surface area contributed by atoms with Crippen LogP contribution in [0.1, 0.15) is 43.0 Å². The predicted molar refractivity (Wildman–Crippen MR) is 71.2 cm³/mol. The maximum absolute atomic E-state index is 9.09. The van der Waals surface area contributed by atoms with Crippen molar-refractivity contribution >= 4 is 11.3 Å². The first-order valence-electron chi connectivity index (χ1n) is 6.71. The normalized spacial score (nSPS) is 23.6. The van der Waals surface area contributed by atoms with Crippen LogP contribution in [0.25, 0.3) is 0 Å². The van der Waals surface area contributed by atoms with E-state index in [9.17, 15) is 0 Å². The van der Waals surface area contributed by atoms with Crippen LogP contribution >= 0.6 is 11.3 Å². The monoisotopic (exact) mass is 251 g/mol. The quantitative estimate of drug-likeness (QED) is 0.781. The summed E-state index contributed by atoms with van der Waals surface area (Å²) >= 11 is 1.87. The van der Waals surface area contributed by atoms with E-state index < -0.39 is 0 Å². The molecule has 3 heteroatoms. The fourth-order valence-electron chi connectivity index (χ4n) is 2.65. The molecule has 1 heterocycles. The van der Waals surface area contributed by atoms with Gasteiger partial charge in [0, 0.05) is 24.1 Å². The Bertz CT molecular complexity index is 354. The zero-order valence-corrected chi connectivity index (χ0v) is 11.0. The van der Waals surface area contributed by atoms with E-state index in [0.29, 0.717) is 18.1 Å². The Morgan fingerprint density at radius 2 is 2.29 bits per heavy atom. The van der Waals surface area contributed by atoms with Gasteiger partial charge >= 0.3 is 0 Å². The van der Waals surface area contributed by atoms with Gasteiger partial charge in [-0.3, -0.25) is 0 Å². The van der Waals surface area contributed by atoms with E-state index in [0.717, 1.165) is 18.9 Å². The third-order valence-corrected chi connectivity index (χ3v) is 5.19. The molecule has 2 saturated carbocycles. The molecule has 1 unspecified atom stereocenters. The minimum absolute atomic E-state index is 0.342. The molecular weight excluding hydrogens is 230 g/mol. The number of aliphatic hydroxyl groups is 1. The van der Waals surface area contributed by atoms with E-state index in [1.807, 2.05) is 11.3 Å². The van der Waals surface area contributed by atoms with Crippen LogP contribution in [0.3, 0.4) is 0 Å². The Hall–Kier alpha value is -0.380. The fraction of sp³-hybridized carbons (Fsp3) is 0.714. The van der Waals surface area contributed by atoms with Gasteiger partial charge in [-0.15, -0.1) is 11.3 Å². The van der Waals surface area contributed by atoms with Crippen LogP contribution in [0.5, 0.6) is 0 Å². The van der Waals surface area contributed by atoms with E-state index in [1.54, 1.807) is 0 Å². The molecule has 94 valence electrons. The lowest BCUT2D eigenvalue weighted by Gasteiger charge is -2.21. The molecule has 0 aliphatic heterocycles. The molecule has 2 nitrogen and oxygen atoms in total. The second-order valence-corrected chi connectivity index (χ2v) is 6.66. The SMILES string of the molecule is OCCC1(CNC(c2cccs2)C2CC2)CC1. The molecule has 1 aromatic heterocycles. The van der Waals surface area contributed by atoms with Gasteiger partial charge in [0.2, 0.25) is 0 Å². The average molecular weight is 251 g/mol. The van der Waals surface area contributed by atoms with E-state index in [4.69, 9.17) is 5.11 Å². The minimum atomic E-state index is 0.342. The Morgan fingerprint density at radius 3 is 2.82 bits per heavy atom. The van der Waals surface area contributed by atoms with Gasteiger partial charge in [-0.05, 0) is 54.9 Å². The maximum Gasteiger partial charge on any atom is 0.0443 e. The molecule has 2 aliphatic rings. The summed E-state index contributed by atoms with van der Waals surface area (Å²) in [5, 5.41) is 15.0. The van der Waals surface area contributed by atoms with Crippen LogP contribution in [-0.2, 0) is 0 Å². The summed E-state index contributed by atoms with van der Waals surface area (Å²) in [6, 6.07) is 4.98. The first-order valence-corrected chi connectivity index (χ1v) is 7.59. The highest BCUT2D eigenvalue weighted by atomic mass is 32.1.